The summed E-state index contributed by atoms with van der Waals surface area (Å²) >= 11 is 0. The van der Waals surface area contributed by atoms with Gasteiger partial charge < -0.3 is 14.9 Å². The predicted molar refractivity (Wildman–Crippen MR) is 116 cm³/mol. The zero-order chi connectivity index (χ0) is 19.4. The molecule has 0 atom stereocenters. The Kier molecular flexibility index (Phi) is 4.48. The molecule has 0 aliphatic carbocycles. The van der Waals surface area contributed by atoms with Crippen LogP contribution in [0.2, 0.25) is 13.1 Å². The summed E-state index contributed by atoms with van der Waals surface area (Å²) < 4.78 is 0. The van der Waals surface area contributed by atoms with Gasteiger partial charge in [0.2, 0.25) is 0 Å². The van der Waals surface area contributed by atoms with Crippen LogP contribution in [0.5, 0.6) is 0 Å². The van der Waals surface area contributed by atoms with Gasteiger partial charge in [-0.1, -0.05) is 39.1 Å². The highest BCUT2D eigenvalue weighted by molar-refractivity contribution is 7.01. The lowest BCUT2D eigenvalue weighted by Gasteiger charge is -2.46. The topological polar surface area (TPSA) is 26.7 Å². The number of benzene rings is 2. The molecule has 1 aliphatic heterocycles. The Labute approximate surface area is 159 Å². The Balaban J connectivity index is 2.37. The first-order chi connectivity index (χ1) is 12.0. The summed E-state index contributed by atoms with van der Waals surface area (Å²) in [7, 11) is 6.37. The molecule has 0 radical (unpaired) electrons. The van der Waals surface area contributed by atoms with E-state index in [1.54, 1.807) is 0 Å². The van der Waals surface area contributed by atoms with E-state index in [2.05, 4.69) is 101 Å². The van der Waals surface area contributed by atoms with Gasteiger partial charge in [0.15, 0.2) is 0 Å². The van der Waals surface area contributed by atoms with Gasteiger partial charge in [-0.15, -0.1) is 0 Å². The first-order valence-corrected chi connectivity index (χ1v) is 12.4. The molecule has 140 valence electrons. The maximum absolute atomic E-state index is 11.9. The van der Waals surface area contributed by atoms with Gasteiger partial charge in [-0.25, -0.2) is 0 Å². The van der Waals surface area contributed by atoms with E-state index in [9.17, 15) is 5.11 Å². The first kappa shape index (κ1) is 19.0. The third-order valence-electron chi connectivity index (χ3n) is 6.04. The zero-order valence-electron chi connectivity index (χ0n) is 17.4. The van der Waals surface area contributed by atoms with E-state index in [-0.39, 0.29) is 5.92 Å². The van der Waals surface area contributed by atoms with Crippen LogP contribution in [0, 0.1) is 5.92 Å². The van der Waals surface area contributed by atoms with Gasteiger partial charge in [0.05, 0.1) is 0 Å². The summed E-state index contributed by atoms with van der Waals surface area (Å²) in [5, 5.41) is 14.6. The van der Waals surface area contributed by atoms with E-state index < -0.39 is 13.7 Å². The van der Waals surface area contributed by atoms with E-state index in [1.165, 1.54) is 21.7 Å². The molecule has 1 aliphatic rings. The first-order valence-electron chi connectivity index (χ1n) is 9.38. The number of rotatable bonds is 3. The Morgan fingerprint density at radius 1 is 0.808 bits per heavy atom. The fourth-order valence-electron chi connectivity index (χ4n) is 4.23. The van der Waals surface area contributed by atoms with Gasteiger partial charge in [-0.05, 0) is 51.7 Å². The molecule has 0 amide bonds. The number of hydrogen-bond acceptors (Lipinski definition) is 3. The average molecular weight is 369 g/mol. The monoisotopic (exact) mass is 368 g/mol. The molecule has 4 heteroatoms. The quantitative estimate of drug-likeness (QED) is 0.844. The van der Waals surface area contributed by atoms with Crippen LogP contribution >= 0.6 is 0 Å². The Hall–Kier alpha value is -1.78. The molecule has 2 aromatic carbocycles. The Morgan fingerprint density at radius 2 is 1.19 bits per heavy atom. The minimum Gasteiger partial charge on any atom is -0.380 e. The molecule has 0 saturated heterocycles. The van der Waals surface area contributed by atoms with Gasteiger partial charge in [-0.3, -0.25) is 0 Å². The third kappa shape index (κ3) is 2.58. The molecule has 1 heterocycles. The van der Waals surface area contributed by atoms with Crippen LogP contribution in [0.25, 0.3) is 0 Å². The van der Waals surface area contributed by atoms with Crippen molar-refractivity contribution in [1.82, 2.24) is 0 Å². The fraction of sp³-hybridized carbons (Fsp3) is 0.455. The van der Waals surface area contributed by atoms with Crippen LogP contribution in [0.3, 0.4) is 0 Å². The highest BCUT2D eigenvalue weighted by atomic mass is 28.3. The van der Waals surface area contributed by atoms with Crippen LogP contribution < -0.4 is 20.2 Å². The molecule has 3 rings (SSSR count). The summed E-state index contributed by atoms with van der Waals surface area (Å²) in [5.41, 5.74) is 3.65. The van der Waals surface area contributed by atoms with Gasteiger partial charge in [0, 0.05) is 39.6 Å². The average Bonchev–Trinajstić information content (AvgIpc) is 2.58. The molecule has 1 N–H and O–H groups in total. The summed E-state index contributed by atoms with van der Waals surface area (Å²) in [5.74, 6) is 0.0977. The SMILES string of the molecule is CC(C)C1(O)c2ccc(N(C)C)cc2[Si](C)(C)c2cc(N(C)C)ccc21. The molecular weight excluding hydrogens is 336 g/mol. The maximum atomic E-state index is 11.9. The number of hydrogen-bond donors (Lipinski definition) is 1. The second-order valence-corrected chi connectivity index (χ2v) is 13.1. The number of fused-ring (bicyclic) bond motifs is 2. The highest BCUT2D eigenvalue weighted by Crippen LogP contribution is 2.41. The van der Waals surface area contributed by atoms with Gasteiger partial charge >= 0.3 is 0 Å². The van der Waals surface area contributed by atoms with Crippen molar-refractivity contribution >= 4 is 29.8 Å². The fourth-order valence-corrected chi connectivity index (χ4v) is 7.43. The molecule has 0 saturated carbocycles. The number of nitrogens with zero attached hydrogens (tertiary/aromatic N) is 2. The van der Waals surface area contributed by atoms with Crippen molar-refractivity contribution in [3.05, 3.63) is 47.5 Å². The van der Waals surface area contributed by atoms with E-state index in [0.29, 0.717) is 0 Å². The standard InChI is InChI=1S/C22H32N2OSi/c1-15(2)22(25)18-11-9-16(23(3)4)13-20(18)26(7,8)21-14-17(24(5)6)10-12-19(21)22/h9-15,25H,1-8H3. The Morgan fingerprint density at radius 3 is 1.50 bits per heavy atom. The minimum atomic E-state index is -1.93. The highest BCUT2D eigenvalue weighted by Gasteiger charge is 2.48. The molecule has 26 heavy (non-hydrogen) atoms. The van der Waals surface area contributed by atoms with Crippen molar-refractivity contribution < 1.29 is 5.11 Å². The number of aliphatic hydroxyl groups is 1. The van der Waals surface area contributed by atoms with Gasteiger partial charge in [0.1, 0.15) is 13.7 Å². The Bertz CT molecular complexity index is 779. The van der Waals surface area contributed by atoms with Crippen molar-refractivity contribution in [2.75, 3.05) is 38.0 Å². The summed E-state index contributed by atoms with van der Waals surface area (Å²) in [6.45, 7) is 9.05. The summed E-state index contributed by atoms with van der Waals surface area (Å²) in [6.07, 6.45) is 0. The van der Waals surface area contributed by atoms with Crippen molar-refractivity contribution in [3.63, 3.8) is 0 Å². The third-order valence-corrected chi connectivity index (χ3v) is 9.56. The van der Waals surface area contributed by atoms with Crippen molar-refractivity contribution in [3.8, 4) is 0 Å². The molecular formula is C22H32N2OSi. The predicted octanol–water partition coefficient (Wildman–Crippen LogP) is 2.85. The molecule has 2 aromatic rings. The maximum Gasteiger partial charge on any atom is 0.117 e. The molecule has 3 nitrogen and oxygen atoms in total. The van der Waals surface area contributed by atoms with Crippen LogP contribution in [0.4, 0.5) is 11.4 Å². The lowest BCUT2D eigenvalue weighted by atomic mass is 9.77. The van der Waals surface area contributed by atoms with Crippen LogP contribution in [-0.2, 0) is 5.60 Å². The van der Waals surface area contributed by atoms with E-state index in [1.807, 2.05) is 0 Å². The second kappa shape index (κ2) is 6.14. The van der Waals surface area contributed by atoms with Crippen LogP contribution in [0.15, 0.2) is 36.4 Å². The molecule has 0 fully saturated rings. The summed E-state index contributed by atoms with van der Waals surface area (Å²) in [6, 6.07) is 13.2. The van der Waals surface area contributed by atoms with Gasteiger partial charge in [-0.2, -0.15) is 0 Å². The van der Waals surface area contributed by atoms with Crippen molar-refractivity contribution in [2.45, 2.75) is 32.5 Å². The molecule has 0 unspecified atom stereocenters. The van der Waals surface area contributed by atoms with Crippen LogP contribution in [-0.4, -0.2) is 41.4 Å². The molecule has 0 bridgehead atoms. The van der Waals surface area contributed by atoms with E-state index >= 15 is 0 Å². The van der Waals surface area contributed by atoms with Crippen molar-refractivity contribution in [2.24, 2.45) is 5.92 Å². The summed E-state index contributed by atoms with van der Waals surface area (Å²) in [4.78, 5) is 4.29. The smallest absolute Gasteiger partial charge is 0.117 e. The normalized spacial score (nSPS) is 16.8. The largest absolute Gasteiger partial charge is 0.380 e. The van der Waals surface area contributed by atoms with Gasteiger partial charge in [0.25, 0.3) is 0 Å². The van der Waals surface area contributed by atoms with E-state index in [4.69, 9.17) is 0 Å². The molecule has 0 spiro atoms. The minimum absolute atomic E-state index is 0.0977. The lowest BCUT2D eigenvalue weighted by molar-refractivity contribution is 0.0330. The zero-order valence-corrected chi connectivity index (χ0v) is 18.4. The van der Waals surface area contributed by atoms with Crippen molar-refractivity contribution in [1.29, 1.82) is 0 Å². The molecule has 0 aromatic heterocycles. The van der Waals surface area contributed by atoms with Crippen LogP contribution in [0.1, 0.15) is 25.0 Å². The lowest BCUT2D eigenvalue weighted by Crippen LogP contribution is -2.64. The number of anilines is 2. The van der Waals surface area contributed by atoms with E-state index in [0.717, 1.165) is 11.1 Å². The second-order valence-electron chi connectivity index (χ2n) is 8.79.